The van der Waals surface area contributed by atoms with Crippen LogP contribution < -0.4 is 11.5 Å². The van der Waals surface area contributed by atoms with Crippen molar-refractivity contribution in [3.63, 3.8) is 0 Å². The second-order valence-electron chi connectivity index (χ2n) is 3.57. The largest absolute Gasteiger partial charge is 0.398 e. The van der Waals surface area contributed by atoms with Crippen molar-refractivity contribution in [2.75, 3.05) is 5.73 Å². The van der Waals surface area contributed by atoms with Crippen LogP contribution in [0.5, 0.6) is 0 Å². The molecule has 1 aliphatic rings. The quantitative estimate of drug-likeness (QED) is 0.568. The van der Waals surface area contributed by atoms with Gasteiger partial charge in [0.2, 0.25) is 0 Å². The molecule has 4 N–H and O–H groups in total. The number of aryl methyl sites for hydroxylation is 1. The first-order chi connectivity index (χ1) is 6.18. The molecule has 2 rings (SSSR count). The number of anilines is 1. The zero-order chi connectivity index (χ0) is 9.42. The molecule has 0 heterocycles. The molecule has 1 aromatic rings. The average molecular weight is 288 g/mol. The minimum Gasteiger partial charge on any atom is -0.398 e. The van der Waals surface area contributed by atoms with E-state index >= 15 is 0 Å². The molecular weight excluding hydrogens is 275 g/mol. The van der Waals surface area contributed by atoms with Crippen molar-refractivity contribution in [2.45, 2.75) is 25.3 Å². The van der Waals surface area contributed by atoms with Crippen molar-refractivity contribution in [3.8, 4) is 0 Å². The van der Waals surface area contributed by atoms with Gasteiger partial charge >= 0.3 is 0 Å². The Labute approximate surface area is 91.8 Å². The Kier molecular flexibility index (Phi) is 2.47. The van der Waals surface area contributed by atoms with Gasteiger partial charge in [0.15, 0.2) is 0 Å². The topological polar surface area (TPSA) is 52.0 Å². The molecule has 0 bridgehead atoms. The summed E-state index contributed by atoms with van der Waals surface area (Å²) < 4.78 is 1.12. The normalized spacial score (nSPS) is 21.2. The van der Waals surface area contributed by atoms with Crippen LogP contribution in [0.4, 0.5) is 5.69 Å². The summed E-state index contributed by atoms with van der Waals surface area (Å²) in [7, 11) is 0. The Hall–Kier alpha value is -0.290. The van der Waals surface area contributed by atoms with Gasteiger partial charge < -0.3 is 11.5 Å². The van der Waals surface area contributed by atoms with E-state index < -0.39 is 0 Å². The number of nitrogens with two attached hydrogens (primary N) is 2. The molecular formula is C10H13IN2. The van der Waals surface area contributed by atoms with E-state index in [1.165, 1.54) is 17.5 Å². The lowest BCUT2D eigenvalue weighted by Crippen LogP contribution is -2.17. The molecule has 3 heteroatoms. The Morgan fingerprint density at radius 2 is 2.15 bits per heavy atom. The van der Waals surface area contributed by atoms with E-state index in [2.05, 4.69) is 34.7 Å². The van der Waals surface area contributed by atoms with Gasteiger partial charge in [-0.1, -0.05) is 0 Å². The lowest BCUT2D eigenvalue weighted by molar-refractivity contribution is 0.570. The monoisotopic (exact) mass is 288 g/mol. The maximum Gasteiger partial charge on any atom is 0.0452 e. The van der Waals surface area contributed by atoms with E-state index in [4.69, 9.17) is 11.5 Å². The average Bonchev–Trinajstić information content (AvgIpc) is 2.09. The summed E-state index contributed by atoms with van der Waals surface area (Å²) in [6, 6.07) is 4.43. The van der Waals surface area contributed by atoms with Gasteiger partial charge in [-0.05, 0) is 65.1 Å². The first-order valence-electron chi connectivity index (χ1n) is 4.52. The molecule has 0 amide bonds. The molecule has 0 unspecified atom stereocenters. The number of nitrogen functional groups attached to an aromatic ring is 1. The van der Waals surface area contributed by atoms with Gasteiger partial charge in [-0.3, -0.25) is 0 Å². The van der Waals surface area contributed by atoms with E-state index in [1.54, 1.807) is 0 Å². The van der Waals surface area contributed by atoms with Crippen LogP contribution >= 0.6 is 22.6 Å². The zero-order valence-electron chi connectivity index (χ0n) is 7.39. The predicted octanol–water partition coefficient (Wildman–Crippen LogP) is 2.21. The van der Waals surface area contributed by atoms with Crippen LogP contribution in [0, 0.1) is 3.57 Å². The van der Waals surface area contributed by atoms with Gasteiger partial charge in [0.25, 0.3) is 0 Å². The van der Waals surface area contributed by atoms with Crippen LogP contribution in [-0.4, -0.2) is 0 Å². The van der Waals surface area contributed by atoms with Crippen LogP contribution in [0.2, 0.25) is 0 Å². The molecule has 0 radical (unpaired) electrons. The Balaban J connectivity index is 2.52. The first-order valence-corrected chi connectivity index (χ1v) is 5.59. The second-order valence-corrected chi connectivity index (χ2v) is 4.73. The van der Waals surface area contributed by atoms with Crippen LogP contribution in [0.1, 0.15) is 30.0 Å². The van der Waals surface area contributed by atoms with E-state index in [0.717, 1.165) is 22.1 Å². The molecule has 0 fully saturated rings. The van der Waals surface area contributed by atoms with Gasteiger partial charge in [-0.15, -0.1) is 0 Å². The van der Waals surface area contributed by atoms with Crippen molar-refractivity contribution in [1.82, 2.24) is 0 Å². The van der Waals surface area contributed by atoms with E-state index in [9.17, 15) is 0 Å². The smallest absolute Gasteiger partial charge is 0.0452 e. The number of hydrogen-bond donors (Lipinski definition) is 2. The van der Waals surface area contributed by atoms with Crippen LogP contribution in [0.3, 0.4) is 0 Å². The van der Waals surface area contributed by atoms with Crippen molar-refractivity contribution in [1.29, 1.82) is 0 Å². The Morgan fingerprint density at radius 1 is 1.38 bits per heavy atom. The van der Waals surface area contributed by atoms with Gasteiger partial charge in [-0.25, -0.2) is 0 Å². The highest BCUT2D eigenvalue weighted by Gasteiger charge is 2.17. The molecule has 70 valence electrons. The predicted molar refractivity (Wildman–Crippen MR) is 63.4 cm³/mol. The van der Waals surface area contributed by atoms with Crippen LogP contribution in [0.15, 0.2) is 12.1 Å². The Morgan fingerprint density at radius 3 is 2.92 bits per heavy atom. The van der Waals surface area contributed by atoms with Gasteiger partial charge in [-0.2, -0.15) is 0 Å². The molecule has 1 aromatic carbocycles. The molecule has 1 aliphatic carbocycles. The van der Waals surface area contributed by atoms with Gasteiger partial charge in [0.1, 0.15) is 0 Å². The van der Waals surface area contributed by atoms with E-state index in [-0.39, 0.29) is 6.04 Å². The molecule has 0 aromatic heterocycles. The summed E-state index contributed by atoms with van der Waals surface area (Å²) >= 11 is 2.26. The molecule has 13 heavy (non-hydrogen) atoms. The van der Waals surface area contributed by atoms with Crippen molar-refractivity contribution < 1.29 is 0 Å². The number of rotatable bonds is 0. The lowest BCUT2D eigenvalue weighted by Gasteiger charge is -2.22. The fraction of sp³-hybridized carbons (Fsp3) is 0.400. The third-order valence-electron chi connectivity index (χ3n) is 2.62. The fourth-order valence-corrected chi connectivity index (χ4v) is 2.37. The number of hydrogen-bond acceptors (Lipinski definition) is 2. The van der Waals surface area contributed by atoms with Crippen LogP contribution in [-0.2, 0) is 6.42 Å². The molecule has 0 saturated carbocycles. The molecule has 0 saturated heterocycles. The molecule has 2 nitrogen and oxygen atoms in total. The van der Waals surface area contributed by atoms with Crippen molar-refractivity contribution in [2.24, 2.45) is 5.73 Å². The zero-order valence-corrected chi connectivity index (χ0v) is 9.54. The third-order valence-corrected chi connectivity index (χ3v) is 3.55. The van der Waals surface area contributed by atoms with Crippen molar-refractivity contribution >= 4 is 28.3 Å². The summed E-state index contributed by atoms with van der Waals surface area (Å²) in [5.41, 5.74) is 15.4. The van der Waals surface area contributed by atoms with Gasteiger partial charge in [0.05, 0.1) is 0 Å². The molecule has 1 atom stereocenters. The Bertz CT molecular complexity index is 336. The molecule has 0 aliphatic heterocycles. The number of benzene rings is 1. The minimum atomic E-state index is 0.220. The maximum atomic E-state index is 6.02. The summed E-state index contributed by atoms with van der Waals surface area (Å²) in [5.74, 6) is 0. The highest BCUT2D eigenvalue weighted by atomic mass is 127. The third kappa shape index (κ3) is 1.67. The summed E-state index contributed by atoms with van der Waals surface area (Å²) in [6.45, 7) is 0. The summed E-state index contributed by atoms with van der Waals surface area (Å²) in [6.07, 6.45) is 3.42. The second kappa shape index (κ2) is 3.46. The fourth-order valence-electron chi connectivity index (χ4n) is 1.88. The standard InChI is InChI=1S/C10H13IN2/c11-8-5-7-6(4-10(8)13)2-1-3-9(7)12/h4-5,9H,1-3,12-13H2/t9-/m0/s1. The van der Waals surface area contributed by atoms with Gasteiger partial charge in [0, 0.05) is 15.3 Å². The lowest BCUT2D eigenvalue weighted by atomic mass is 9.88. The van der Waals surface area contributed by atoms with E-state index in [1.807, 2.05) is 0 Å². The number of halogens is 1. The van der Waals surface area contributed by atoms with Crippen molar-refractivity contribution in [3.05, 3.63) is 26.8 Å². The van der Waals surface area contributed by atoms with Crippen LogP contribution in [0.25, 0.3) is 0 Å². The number of fused-ring (bicyclic) bond motifs is 1. The summed E-state index contributed by atoms with van der Waals surface area (Å²) in [5, 5.41) is 0. The minimum absolute atomic E-state index is 0.220. The SMILES string of the molecule is Nc1cc2c(cc1I)[C@@H](N)CCC2. The summed E-state index contributed by atoms with van der Waals surface area (Å²) in [4.78, 5) is 0. The maximum absolute atomic E-state index is 6.02. The van der Waals surface area contributed by atoms with E-state index in [0.29, 0.717) is 0 Å². The molecule has 0 spiro atoms. The highest BCUT2D eigenvalue weighted by Crippen LogP contribution is 2.31. The highest BCUT2D eigenvalue weighted by molar-refractivity contribution is 14.1. The first kappa shape index (κ1) is 9.27.